The molecule has 0 unspecified atom stereocenters. The molecule has 0 spiro atoms. The van der Waals surface area contributed by atoms with E-state index in [0.717, 1.165) is 23.2 Å². The molecule has 3 radical (unpaired) electrons. The lowest BCUT2D eigenvalue weighted by Crippen LogP contribution is -2.06. The number of hydrogen-bond acceptors (Lipinski definition) is 0. The Bertz CT molecular complexity index is 109. The highest BCUT2D eigenvalue weighted by Crippen LogP contribution is 2.46. The Kier molecular flexibility index (Phi) is 5.49. The molecule has 0 aromatic heterocycles. The van der Waals surface area contributed by atoms with Crippen LogP contribution in [0.5, 0.6) is 0 Å². The smallest absolute Gasteiger partial charge is 0 e. The molecule has 69 valence electrons. The summed E-state index contributed by atoms with van der Waals surface area (Å²) in [4.78, 5) is 0. The Hall–Kier alpha value is 0.495. The zero-order valence-electron chi connectivity index (χ0n) is 8.80. The van der Waals surface area contributed by atoms with Gasteiger partial charge in [0.25, 0.3) is 0 Å². The first-order chi connectivity index (χ1) is 5.11. The molecule has 1 heterocycles. The lowest BCUT2D eigenvalue weighted by Gasteiger charge is -2.17. The molecule has 0 aliphatic carbocycles. The summed E-state index contributed by atoms with van der Waals surface area (Å²) in [5.74, 6) is 1.86. The van der Waals surface area contributed by atoms with Crippen LogP contribution in [0.25, 0.3) is 0 Å². The molecule has 1 aliphatic rings. The summed E-state index contributed by atoms with van der Waals surface area (Å²) in [6.45, 7) is 9.50. The summed E-state index contributed by atoms with van der Waals surface area (Å²) in [5, 5.41) is 0. The summed E-state index contributed by atoms with van der Waals surface area (Å²) in [6, 6.07) is 0. The summed E-state index contributed by atoms with van der Waals surface area (Å²) >= 11 is 0. The van der Waals surface area contributed by atoms with Gasteiger partial charge in [0.2, 0.25) is 0 Å². The van der Waals surface area contributed by atoms with Crippen LogP contribution in [-0.2, 0) is 0 Å². The molecule has 2 heteroatoms. The minimum absolute atomic E-state index is 0. The van der Waals surface area contributed by atoms with Crippen LogP contribution < -0.4 is 0 Å². The molecule has 1 rings (SSSR count). The molecule has 0 saturated carbocycles. The average molecular weight is 183 g/mol. The Balaban J connectivity index is 0.00000121. The largest absolute Gasteiger partial charge is 0.115 e. The van der Waals surface area contributed by atoms with Crippen LogP contribution in [0.4, 0.5) is 0 Å². The lowest BCUT2D eigenvalue weighted by atomic mass is 10.0. The SMILES string of the molecule is CC(C)[C@H]1CC[C@H](C(C)C)P1.[B]. The molecule has 2 atom stereocenters. The first-order valence-electron chi connectivity index (χ1n) is 4.87. The molecule has 1 saturated heterocycles. The fourth-order valence-electron chi connectivity index (χ4n) is 1.85. The second-order valence-corrected chi connectivity index (χ2v) is 6.26. The maximum atomic E-state index is 2.38. The van der Waals surface area contributed by atoms with Gasteiger partial charge in [0, 0.05) is 8.41 Å². The highest BCUT2D eigenvalue weighted by Gasteiger charge is 2.27. The molecule has 1 aliphatic heterocycles. The van der Waals surface area contributed by atoms with Gasteiger partial charge in [-0.2, -0.15) is 0 Å². The first kappa shape index (κ1) is 12.5. The van der Waals surface area contributed by atoms with Crippen molar-refractivity contribution in [2.24, 2.45) is 11.8 Å². The quantitative estimate of drug-likeness (QED) is 0.455. The highest BCUT2D eigenvalue weighted by atomic mass is 31.1. The molecule has 0 amide bonds. The zero-order valence-corrected chi connectivity index (χ0v) is 9.80. The Labute approximate surface area is 81.3 Å². The van der Waals surface area contributed by atoms with Crippen LogP contribution in [0.3, 0.4) is 0 Å². The molecule has 0 nitrogen and oxygen atoms in total. The minimum Gasteiger partial charge on any atom is -0.115 e. The van der Waals surface area contributed by atoms with E-state index < -0.39 is 0 Å². The van der Waals surface area contributed by atoms with Crippen molar-refractivity contribution < 1.29 is 0 Å². The summed E-state index contributed by atoms with van der Waals surface area (Å²) < 4.78 is 0. The molecular weight excluding hydrogens is 162 g/mol. The van der Waals surface area contributed by atoms with E-state index in [9.17, 15) is 0 Å². The average Bonchev–Trinajstić information content (AvgIpc) is 2.33. The van der Waals surface area contributed by atoms with Gasteiger partial charge in [-0.05, 0) is 36.0 Å². The fraction of sp³-hybridized carbons (Fsp3) is 1.00. The summed E-state index contributed by atoms with van der Waals surface area (Å²) in [5.41, 5.74) is 2.12. The standard InChI is InChI=1S/C10H21P.B/c1-7(2)9-5-6-10(11-9)8(3)4;/h7-11H,5-6H2,1-4H3;/t9-,10-;/m1./s1. The van der Waals surface area contributed by atoms with Gasteiger partial charge in [-0.25, -0.2) is 0 Å². The molecule has 0 N–H and O–H groups in total. The van der Waals surface area contributed by atoms with Gasteiger partial charge >= 0.3 is 0 Å². The first-order valence-corrected chi connectivity index (χ1v) is 6.02. The van der Waals surface area contributed by atoms with Crippen LogP contribution in [0, 0.1) is 11.8 Å². The van der Waals surface area contributed by atoms with Gasteiger partial charge in [-0.1, -0.05) is 27.7 Å². The summed E-state index contributed by atoms with van der Waals surface area (Å²) in [7, 11) is 1.25. The predicted molar refractivity (Wildman–Crippen MR) is 60.6 cm³/mol. The maximum Gasteiger partial charge on any atom is 0 e. The predicted octanol–water partition coefficient (Wildman–Crippen LogP) is 3.13. The van der Waals surface area contributed by atoms with Crippen molar-refractivity contribution in [3.05, 3.63) is 0 Å². The van der Waals surface area contributed by atoms with Gasteiger partial charge in [-0.15, -0.1) is 8.58 Å². The number of hydrogen-bond donors (Lipinski definition) is 0. The van der Waals surface area contributed by atoms with E-state index >= 15 is 0 Å². The highest BCUT2D eigenvalue weighted by molar-refractivity contribution is 7.40. The van der Waals surface area contributed by atoms with Gasteiger partial charge in [0.05, 0.1) is 0 Å². The van der Waals surface area contributed by atoms with Crippen molar-refractivity contribution in [2.45, 2.75) is 51.9 Å². The second kappa shape index (κ2) is 5.27. The Morgan fingerprint density at radius 3 is 1.42 bits per heavy atom. The normalized spacial score (nSPS) is 29.5. The maximum absolute atomic E-state index is 2.38. The van der Waals surface area contributed by atoms with E-state index in [1.807, 2.05) is 0 Å². The second-order valence-electron chi connectivity index (χ2n) is 4.45. The Morgan fingerprint density at radius 1 is 0.917 bits per heavy atom. The van der Waals surface area contributed by atoms with Crippen LogP contribution >= 0.6 is 8.58 Å². The third kappa shape index (κ3) is 3.09. The molecule has 0 bridgehead atoms. The van der Waals surface area contributed by atoms with Crippen LogP contribution in [0.2, 0.25) is 0 Å². The molecule has 0 aromatic rings. The van der Waals surface area contributed by atoms with Crippen molar-refractivity contribution in [2.75, 3.05) is 0 Å². The molecular formula is C10H21BP. The van der Waals surface area contributed by atoms with E-state index in [0.29, 0.717) is 0 Å². The monoisotopic (exact) mass is 183 g/mol. The van der Waals surface area contributed by atoms with Crippen molar-refractivity contribution >= 4 is 17.0 Å². The minimum atomic E-state index is 0. The van der Waals surface area contributed by atoms with Gasteiger partial charge < -0.3 is 0 Å². The van der Waals surface area contributed by atoms with E-state index in [1.165, 1.54) is 21.4 Å². The van der Waals surface area contributed by atoms with Crippen LogP contribution in [0.1, 0.15) is 40.5 Å². The topological polar surface area (TPSA) is 0 Å². The van der Waals surface area contributed by atoms with E-state index in [1.54, 1.807) is 0 Å². The molecule has 12 heavy (non-hydrogen) atoms. The Morgan fingerprint density at radius 2 is 1.25 bits per heavy atom. The van der Waals surface area contributed by atoms with Crippen LogP contribution in [0.15, 0.2) is 0 Å². The lowest BCUT2D eigenvalue weighted by molar-refractivity contribution is 0.543. The van der Waals surface area contributed by atoms with Crippen molar-refractivity contribution in [1.82, 2.24) is 0 Å². The number of rotatable bonds is 2. The third-order valence-electron chi connectivity index (χ3n) is 2.83. The van der Waals surface area contributed by atoms with E-state index in [4.69, 9.17) is 0 Å². The van der Waals surface area contributed by atoms with E-state index in [-0.39, 0.29) is 8.41 Å². The van der Waals surface area contributed by atoms with Gasteiger partial charge in [-0.3, -0.25) is 0 Å². The third-order valence-corrected chi connectivity index (χ3v) is 5.59. The van der Waals surface area contributed by atoms with Crippen molar-refractivity contribution in [1.29, 1.82) is 0 Å². The van der Waals surface area contributed by atoms with Gasteiger partial charge in [0.15, 0.2) is 0 Å². The van der Waals surface area contributed by atoms with Crippen molar-refractivity contribution in [3.8, 4) is 0 Å². The molecule has 0 aromatic carbocycles. The fourth-order valence-corrected chi connectivity index (χ4v) is 3.84. The zero-order chi connectivity index (χ0) is 8.43. The van der Waals surface area contributed by atoms with Gasteiger partial charge in [0.1, 0.15) is 0 Å². The van der Waals surface area contributed by atoms with E-state index in [2.05, 4.69) is 27.7 Å². The summed E-state index contributed by atoms with van der Waals surface area (Å²) in [6.07, 6.45) is 3.00. The van der Waals surface area contributed by atoms with Crippen molar-refractivity contribution in [3.63, 3.8) is 0 Å². The molecule has 1 fully saturated rings. The van der Waals surface area contributed by atoms with Crippen LogP contribution in [-0.4, -0.2) is 19.7 Å².